The molecule has 1 saturated heterocycles. The lowest BCUT2D eigenvalue weighted by Crippen LogP contribution is -2.49. The minimum Gasteiger partial charge on any atom is -0.368 e. The normalized spacial score (nSPS) is 32.0. The first-order valence-electron chi connectivity index (χ1n) is 8.30. The summed E-state index contributed by atoms with van der Waals surface area (Å²) in [5.41, 5.74) is 0.735. The van der Waals surface area contributed by atoms with Gasteiger partial charge in [-0.2, -0.15) is 13.2 Å². The van der Waals surface area contributed by atoms with Crippen molar-refractivity contribution >= 4 is 27.3 Å². The smallest absolute Gasteiger partial charge is 0.368 e. The van der Waals surface area contributed by atoms with E-state index >= 15 is 0 Å². The van der Waals surface area contributed by atoms with Crippen molar-refractivity contribution in [3.8, 4) is 0 Å². The Bertz CT molecular complexity index is 823. The van der Waals surface area contributed by atoms with Crippen LogP contribution < -0.4 is 5.32 Å². The van der Waals surface area contributed by atoms with Gasteiger partial charge < -0.3 is 10.1 Å². The third-order valence-electron chi connectivity index (χ3n) is 4.93. The molecule has 2 aromatic rings. The zero-order valence-corrected chi connectivity index (χ0v) is 16.6. The molecule has 0 bridgehead atoms. The van der Waals surface area contributed by atoms with E-state index in [1.54, 1.807) is 11.7 Å². The molecule has 1 fully saturated rings. The van der Waals surface area contributed by atoms with E-state index in [-0.39, 0.29) is 16.9 Å². The summed E-state index contributed by atoms with van der Waals surface area (Å²) in [5.74, 6) is 0. The van der Waals surface area contributed by atoms with Gasteiger partial charge in [0.25, 0.3) is 0 Å². The highest BCUT2D eigenvalue weighted by Crippen LogP contribution is 2.54. The van der Waals surface area contributed by atoms with Crippen LogP contribution in [0.4, 0.5) is 13.2 Å². The Morgan fingerprint density at radius 2 is 2.19 bits per heavy atom. The molecule has 26 heavy (non-hydrogen) atoms. The van der Waals surface area contributed by atoms with Crippen LogP contribution >= 0.6 is 27.3 Å². The highest BCUT2D eigenvalue weighted by atomic mass is 79.9. The second-order valence-corrected chi connectivity index (χ2v) is 9.17. The number of nitrogens with zero attached hydrogens (tertiary/aromatic N) is 3. The Morgan fingerprint density at radius 3 is 2.85 bits per heavy atom. The molecular formula is C16H18BrF3N4OS. The van der Waals surface area contributed by atoms with Crippen molar-refractivity contribution in [3.63, 3.8) is 0 Å². The minimum absolute atomic E-state index is 0.0759. The summed E-state index contributed by atoms with van der Waals surface area (Å²) in [6, 6.07) is 1.23. The van der Waals surface area contributed by atoms with Crippen LogP contribution in [-0.2, 0) is 23.6 Å². The molecule has 5 nitrogen and oxygen atoms in total. The summed E-state index contributed by atoms with van der Waals surface area (Å²) in [7, 11) is 1.79. The summed E-state index contributed by atoms with van der Waals surface area (Å²) in [5, 5.41) is 11.6. The van der Waals surface area contributed by atoms with Crippen LogP contribution in [0.3, 0.4) is 0 Å². The minimum atomic E-state index is -4.35. The monoisotopic (exact) mass is 450 g/mol. The van der Waals surface area contributed by atoms with Gasteiger partial charge in [0.2, 0.25) is 0 Å². The largest absolute Gasteiger partial charge is 0.425 e. The number of piperidine rings is 1. The molecule has 0 aliphatic carbocycles. The third kappa shape index (κ3) is 3.10. The number of ether oxygens (including phenoxy) is 1. The number of thiophene rings is 1. The number of halogens is 4. The topological polar surface area (TPSA) is 52.0 Å². The van der Waals surface area contributed by atoms with Gasteiger partial charge >= 0.3 is 6.18 Å². The molecular weight excluding hydrogens is 433 g/mol. The van der Waals surface area contributed by atoms with E-state index in [1.807, 2.05) is 13.1 Å². The van der Waals surface area contributed by atoms with E-state index in [4.69, 9.17) is 4.74 Å². The second kappa shape index (κ2) is 6.29. The molecule has 4 heterocycles. The lowest BCUT2D eigenvalue weighted by atomic mass is 9.79. The molecule has 0 aromatic carbocycles. The van der Waals surface area contributed by atoms with Gasteiger partial charge in [-0.25, -0.2) is 0 Å². The zero-order chi connectivity index (χ0) is 18.7. The highest BCUT2D eigenvalue weighted by Gasteiger charge is 2.49. The van der Waals surface area contributed by atoms with Gasteiger partial charge in [0.15, 0.2) is 0 Å². The van der Waals surface area contributed by atoms with Crippen molar-refractivity contribution in [2.45, 2.75) is 48.5 Å². The first-order chi connectivity index (χ1) is 12.2. The van der Waals surface area contributed by atoms with E-state index in [2.05, 4.69) is 31.6 Å². The Kier molecular flexibility index (Phi) is 4.45. The van der Waals surface area contributed by atoms with E-state index < -0.39 is 16.7 Å². The van der Waals surface area contributed by atoms with Gasteiger partial charge in [-0.15, -0.1) is 16.4 Å². The summed E-state index contributed by atoms with van der Waals surface area (Å²) < 4.78 is 47.7. The third-order valence-corrected chi connectivity index (χ3v) is 7.07. The average Bonchev–Trinajstić information content (AvgIpc) is 3.18. The first-order valence-corrected chi connectivity index (χ1v) is 10.0. The molecule has 4 atom stereocenters. The lowest BCUT2D eigenvalue weighted by Gasteiger charge is -2.46. The summed E-state index contributed by atoms with van der Waals surface area (Å²) in [6.07, 6.45) is -1.37. The van der Waals surface area contributed by atoms with Gasteiger partial charge in [-0.3, -0.25) is 4.68 Å². The fourth-order valence-electron chi connectivity index (χ4n) is 3.91. The molecule has 2 aliphatic rings. The van der Waals surface area contributed by atoms with E-state index in [1.165, 1.54) is 6.07 Å². The van der Waals surface area contributed by atoms with Crippen LogP contribution in [0, 0.1) is 0 Å². The Hall–Kier alpha value is -0.970. The standard InChI is InChI=1S/C16H18BrF3N4OS/c1-8-4-15(5-11(21-8)12-6-24(2)23-22-12)14-9(10(17)7-25-15)3-13(26-14)16(18,19)20/h3,6,8,10-11,21H,4-5,7H2,1-2H3/t8-,10?,11-,15-/m0/s1. The number of aromatic nitrogens is 3. The first kappa shape index (κ1) is 18.4. The van der Waals surface area contributed by atoms with Crippen molar-refractivity contribution in [2.75, 3.05) is 6.61 Å². The molecule has 4 rings (SSSR count). The molecule has 1 spiro atoms. The maximum atomic E-state index is 13.3. The quantitative estimate of drug-likeness (QED) is 0.665. The van der Waals surface area contributed by atoms with Gasteiger partial charge in [-0.1, -0.05) is 21.1 Å². The number of nitrogens with one attached hydrogen (secondary N) is 1. The molecule has 1 N–H and O–H groups in total. The van der Waals surface area contributed by atoms with Gasteiger partial charge in [0.05, 0.1) is 23.2 Å². The Morgan fingerprint density at radius 1 is 1.42 bits per heavy atom. The molecule has 2 aliphatic heterocycles. The molecule has 2 aromatic heterocycles. The van der Waals surface area contributed by atoms with Gasteiger partial charge in [0.1, 0.15) is 10.5 Å². The van der Waals surface area contributed by atoms with Crippen molar-refractivity contribution in [2.24, 2.45) is 7.05 Å². The lowest BCUT2D eigenvalue weighted by molar-refractivity contribution is -0.134. The fraction of sp³-hybridized carbons (Fsp3) is 0.625. The predicted molar refractivity (Wildman–Crippen MR) is 94.2 cm³/mol. The van der Waals surface area contributed by atoms with Crippen LogP contribution in [0.25, 0.3) is 0 Å². The number of aryl methyl sites for hydroxylation is 1. The van der Waals surface area contributed by atoms with E-state index in [0.29, 0.717) is 29.9 Å². The summed E-state index contributed by atoms with van der Waals surface area (Å²) in [6.45, 7) is 2.37. The molecule has 0 saturated carbocycles. The van der Waals surface area contributed by atoms with E-state index in [0.717, 1.165) is 17.0 Å². The number of hydrogen-bond acceptors (Lipinski definition) is 5. The predicted octanol–water partition coefficient (Wildman–Crippen LogP) is 4.07. The van der Waals surface area contributed by atoms with Gasteiger partial charge in [-0.05, 0) is 25.0 Å². The molecule has 1 unspecified atom stereocenters. The highest BCUT2D eigenvalue weighted by molar-refractivity contribution is 9.09. The molecule has 10 heteroatoms. The van der Waals surface area contributed by atoms with Crippen LogP contribution in [0.15, 0.2) is 12.3 Å². The molecule has 0 amide bonds. The SMILES string of the molecule is C[C@H]1C[C@@]2(C[C@@H](c3cn(C)nn3)N1)OCC(Br)c1cc(C(F)(F)F)sc12. The summed E-state index contributed by atoms with van der Waals surface area (Å²) >= 11 is 4.28. The number of hydrogen-bond donors (Lipinski definition) is 1. The maximum absolute atomic E-state index is 13.3. The van der Waals surface area contributed by atoms with Crippen LogP contribution in [0.5, 0.6) is 0 Å². The number of fused-ring (bicyclic) bond motifs is 2. The zero-order valence-electron chi connectivity index (χ0n) is 14.2. The summed E-state index contributed by atoms with van der Waals surface area (Å²) in [4.78, 5) is -0.116. The Balaban J connectivity index is 1.76. The van der Waals surface area contributed by atoms with Crippen LogP contribution in [0.2, 0.25) is 0 Å². The maximum Gasteiger partial charge on any atom is 0.425 e. The van der Waals surface area contributed by atoms with Crippen molar-refractivity contribution in [1.29, 1.82) is 0 Å². The van der Waals surface area contributed by atoms with Crippen molar-refractivity contribution in [1.82, 2.24) is 20.3 Å². The fourth-order valence-corrected chi connectivity index (χ4v) is 5.81. The Labute approximate surface area is 161 Å². The average molecular weight is 451 g/mol. The van der Waals surface area contributed by atoms with E-state index in [9.17, 15) is 13.2 Å². The van der Waals surface area contributed by atoms with Crippen LogP contribution in [-0.4, -0.2) is 27.6 Å². The van der Waals surface area contributed by atoms with Gasteiger partial charge in [0, 0.05) is 30.6 Å². The number of alkyl halides is 4. The van der Waals surface area contributed by atoms with Crippen molar-refractivity contribution in [3.05, 3.63) is 33.3 Å². The van der Waals surface area contributed by atoms with Crippen LogP contribution in [0.1, 0.15) is 51.6 Å². The second-order valence-electron chi connectivity index (χ2n) is 7.01. The number of rotatable bonds is 1. The molecule has 0 radical (unpaired) electrons. The molecule has 142 valence electrons. The van der Waals surface area contributed by atoms with Crippen molar-refractivity contribution < 1.29 is 17.9 Å².